The first-order valence-corrected chi connectivity index (χ1v) is 4.40. The molecular formula is C9H17NO2. The van der Waals surface area contributed by atoms with Crippen molar-refractivity contribution in [3.05, 3.63) is 0 Å². The summed E-state index contributed by atoms with van der Waals surface area (Å²) in [5.74, 6) is 0.0706. The minimum absolute atomic E-state index is 0.0706. The van der Waals surface area contributed by atoms with Crippen molar-refractivity contribution in [2.45, 2.75) is 45.3 Å². The zero-order valence-electron chi connectivity index (χ0n) is 8.00. The van der Waals surface area contributed by atoms with Crippen LogP contribution in [0.25, 0.3) is 0 Å². The standard InChI is InChI=1S/C9H17NO2/c1-9(2,3)10-5-4-7(11)6-8(10)12/h7,11H,4-6H2,1-3H3/t7-/m0/s1. The molecule has 1 fully saturated rings. The van der Waals surface area contributed by atoms with Crippen LogP contribution in [0.3, 0.4) is 0 Å². The van der Waals surface area contributed by atoms with Gasteiger partial charge in [0.05, 0.1) is 12.5 Å². The first-order chi connectivity index (χ1) is 5.41. The minimum atomic E-state index is -0.420. The largest absolute Gasteiger partial charge is 0.393 e. The fourth-order valence-corrected chi connectivity index (χ4v) is 1.53. The highest BCUT2D eigenvalue weighted by Gasteiger charge is 2.31. The van der Waals surface area contributed by atoms with Crippen LogP contribution in [0.5, 0.6) is 0 Å². The zero-order valence-corrected chi connectivity index (χ0v) is 8.00. The quantitative estimate of drug-likeness (QED) is 0.584. The van der Waals surface area contributed by atoms with Crippen LogP contribution >= 0.6 is 0 Å². The molecule has 0 unspecified atom stereocenters. The Hall–Kier alpha value is -0.570. The number of rotatable bonds is 0. The number of hydrogen-bond acceptors (Lipinski definition) is 2. The fourth-order valence-electron chi connectivity index (χ4n) is 1.53. The lowest BCUT2D eigenvalue weighted by molar-refractivity contribution is -0.142. The SMILES string of the molecule is CC(C)(C)N1CC[C@H](O)CC1=O. The van der Waals surface area contributed by atoms with Crippen molar-refractivity contribution < 1.29 is 9.90 Å². The topological polar surface area (TPSA) is 40.5 Å². The predicted molar refractivity (Wildman–Crippen MR) is 46.7 cm³/mol. The van der Waals surface area contributed by atoms with Gasteiger partial charge in [-0.15, -0.1) is 0 Å². The van der Waals surface area contributed by atoms with E-state index in [9.17, 15) is 9.90 Å². The maximum absolute atomic E-state index is 11.4. The summed E-state index contributed by atoms with van der Waals surface area (Å²) in [4.78, 5) is 13.3. The molecule has 1 heterocycles. The summed E-state index contributed by atoms with van der Waals surface area (Å²) in [7, 11) is 0. The molecule has 0 radical (unpaired) electrons. The van der Waals surface area contributed by atoms with Crippen molar-refractivity contribution in [2.24, 2.45) is 0 Å². The molecule has 0 aromatic heterocycles. The van der Waals surface area contributed by atoms with Crippen LogP contribution in [0.4, 0.5) is 0 Å². The molecule has 3 heteroatoms. The van der Waals surface area contributed by atoms with Crippen LogP contribution in [0.2, 0.25) is 0 Å². The maximum atomic E-state index is 11.4. The number of amides is 1. The van der Waals surface area contributed by atoms with Crippen molar-refractivity contribution in [1.82, 2.24) is 4.90 Å². The normalized spacial score (nSPS) is 26.2. The number of carbonyl (C=O) groups excluding carboxylic acids is 1. The van der Waals surface area contributed by atoms with E-state index in [0.717, 1.165) is 0 Å². The Morgan fingerprint density at radius 3 is 2.50 bits per heavy atom. The van der Waals surface area contributed by atoms with Crippen LogP contribution in [0.1, 0.15) is 33.6 Å². The van der Waals surface area contributed by atoms with Gasteiger partial charge in [-0.3, -0.25) is 4.79 Å². The molecule has 3 nitrogen and oxygen atoms in total. The van der Waals surface area contributed by atoms with E-state index in [1.165, 1.54) is 0 Å². The van der Waals surface area contributed by atoms with E-state index in [-0.39, 0.29) is 17.9 Å². The summed E-state index contributed by atoms with van der Waals surface area (Å²) in [5, 5.41) is 9.22. The Bertz CT molecular complexity index is 183. The van der Waals surface area contributed by atoms with Crippen LogP contribution in [0.15, 0.2) is 0 Å². The summed E-state index contributed by atoms with van der Waals surface area (Å²) < 4.78 is 0. The van der Waals surface area contributed by atoms with Crippen LogP contribution in [-0.4, -0.2) is 34.1 Å². The Morgan fingerprint density at radius 1 is 1.50 bits per heavy atom. The summed E-state index contributed by atoms with van der Waals surface area (Å²) in [5.41, 5.74) is -0.1000. The van der Waals surface area contributed by atoms with Crippen molar-refractivity contribution in [2.75, 3.05) is 6.54 Å². The van der Waals surface area contributed by atoms with Crippen LogP contribution in [-0.2, 0) is 4.79 Å². The molecule has 0 bridgehead atoms. The second kappa shape index (κ2) is 3.05. The smallest absolute Gasteiger partial charge is 0.225 e. The summed E-state index contributed by atoms with van der Waals surface area (Å²) in [6.07, 6.45) is 0.580. The Balaban J connectivity index is 2.63. The molecule has 1 amide bonds. The Kier molecular flexibility index (Phi) is 2.42. The van der Waals surface area contributed by atoms with Crippen molar-refractivity contribution in [3.63, 3.8) is 0 Å². The number of aliphatic hydroxyl groups excluding tert-OH is 1. The van der Waals surface area contributed by atoms with Gasteiger partial charge in [0.1, 0.15) is 0 Å². The minimum Gasteiger partial charge on any atom is -0.393 e. The van der Waals surface area contributed by atoms with E-state index in [2.05, 4.69) is 0 Å². The number of hydrogen-bond donors (Lipinski definition) is 1. The molecule has 1 aliphatic heterocycles. The van der Waals surface area contributed by atoms with E-state index in [1.54, 1.807) is 0 Å². The molecule has 0 saturated carbocycles. The van der Waals surface area contributed by atoms with Gasteiger partial charge in [0.2, 0.25) is 5.91 Å². The van der Waals surface area contributed by atoms with Crippen molar-refractivity contribution in [3.8, 4) is 0 Å². The van der Waals surface area contributed by atoms with Gasteiger partial charge in [0.25, 0.3) is 0 Å². The highest BCUT2D eigenvalue weighted by Crippen LogP contribution is 2.20. The number of carbonyl (C=O) groups is 1. The van der Waals surface area contributed by atoms with E-state index in [0.29, 0.717) is 13.0 Å². The first-order valence-electron chi connectivity index (χ1n) is 4.40. The lowest BCUT2D eigenvalue weighted by Gasteiger charge is -2.39. The monoisotopic (exact) mass is 171 g/mol. The predicted octanol–water partition coefficient (Wildman–Crippen LogP) is 0.768. The van der Waals surface area contributed by atoms with E-state index < -0.39 is 6.10 Å². The van der Waals surface area contributed by atoms with Gasteiger partial charge in [-0.25, -0.2) is 0 Å². The van der Waals surface area contributed by atoms with Crippen molar-refractivity contribution >= 4 is 5.91 Å². The molecule has 1 N–H and O–H groups in total. The van der Waals surface area contributed by atoms with Gasteiger partial charge in [0.15, 0.2) is 0 Å². The molecule has 0 aliphatic carbocycles. The third kappa shape index (κ3) is 1.97. The molecule has 70 valence electrons. The molecule has 1 saturated heterocycles. The van der Waals surface area contributed by atoms with E-state index in [1.807, 2.05) is 25.7 Å². The third-order valence-corrected chi connectivity index (χ3v) is 2.21. The number of aliphatic hydroxyl groups is 1. The average molecular weight is 171 g/mol. The Labute approximate surface area is 73.4 Å². The van der Waals surface area contributed by atoms with Crippen LogP contribution in [0, 0.1) is 0 Å². The second-order valence-electron chi connectivity index (χ2n) is 4.36. The van der Waals surface area contributed by atoms with Crippen LogP contribution < -0.4 is 0 Å². The lowest BCUT2D eigenvalue weighted by atomic mass is 9.99. The van der Waals surface area contributed by atoms with E-state index >= 15 is 0 Å². The number of likely N-dealkylation sites (tertiary alicyclic amines) is 1. The summed E-state index contributed by atoms with van der Waals surface area (Å²) >= 11 is 0. The molecule has 0 aromatic carbocycles. The van der Waals surface area contributed by atoms with Gasteiger partial charge in [-0.1, -0.05) is 0 Å². The zero-order chi connectivity index (χ0) is 9.35. The molecule has 1 atom stereocenters. The number of piperidine rings is 1. The second-order valence-corrected chi connectivity index (χ2v) is 4.36. The average Bonchev–Trinajstić information content (AvgIpc) is 1.83. The summed E-state index contributed by atoms with van der Waals surface area (Å²) in [6.45, 7) is 6.73. The summed E-state index contributed by atoms with van der Waals surface area (Å²) in [6, 6.07) is 0. The van der Waals surface area contributed by atoms with Gasteiger partial charge in [-0.05, 0) is 27.2 Å². The lowest BCUT2D eigenvalue weighted by Crippen LogP contribution is -2.50. The van der Waals surface area contributed by atoms with Gasteiger partial charge in [0, 0.05) is 12.1 Å². The van der Waals surface area contributed by atoms with Crippen molar-refractivity contribution in [1.29, 1.82) is 0 Å². The highest BCUT2D eigenvalue weighted by atomic mass is 16.3. The third-order valence-electron chi connectivity index (χ3n) is 2.21. The Morgan fingerprint density at radius 2 is 2.08 bits per heavy atom. The highest BCUT2D eigenvalue weighted by molar-refractivity contribution is 5.78. The molecule has 0 aromatic rings. The first kappa shape index (κ1) is 9.52. The molecule has 0 spiro atoms. The fraction of sp³-hybridized carbons (Fsp3) is 0.889. The molecular weight excluding hydrogens is 154 g/mol. The van der Waals surface area contributed by atoms with Gasteiger partial charge in [-0.2, -0.15) is 0 Å². The molecule has 12 heavy (non-hydrogen) atoms. The van der Waals surface area contributed by atoms with Gasteiger partial charge >= 0.3 is 0 Å². The maximum Gasteiger partial charge on any atom is 0.225 e. The van der Waals surface area contributed by atoms with Gasteiger partial charge < -0.3 is 10.0 Å². The van der Waals surface area contributed by atoms with E-state index in [4.69, 9.17) is 0 Å². The molecule has 1 aliphatic rings. The molecule has 1 rings (SSSR count). The number of nitrogens with zero attached hydrogens (tertiary/aromatic N) is 1.